The maximum absolute atomic E-state index is 12.4. The summed E-state index contributed by atoms with van der Waals surface area (Å²) in [6.07, 6.45) is 2.08. The van der Waals surface area contributed by atoms with Crippen LogP contribution in [-0.4, -0.2) is 6.54 Å². The van der Waals surface area contributed by atoms with E-state index in [1.165, 1.54) is 17.7 Å². The number of hydrogen-bond donors (Lipinski definition) is 1. The number of benzene rings is 1. The molecular formula is C9H13FN+. The zero-order valence-electron chi connectivity index (χ0n) is 6.52. The van der Waals surface area contributed by atoms with E-state index in [0.29, 0.717) is 0 Å². The number of rotatable bonds is 3. The largest absolute Gasteiger partial charge is 0.358 e. The van der Waals surface area contributed by atoms with Crippen LogP contribution < -0.4 is 5.73 Å². The minimum Gasteiger partial charge on any atom is -0.358 e. The van der Waals surface area contributed by atoms with Gasteiger partial charge in [0, 0.05) is 6.42 Å². The molecule has 2 heteroatoms. The van der Waals surface area contributed by atoms with Gasteiger partial charge in [-0.1, -0.05) is 12.1 Å². The highest BCUT2D eigenvalue weighted by atomic mass is 19.1. The first-order valence-electron chi connectivity index (χ1n) is 3.86. The lowest BCUT2D eigenvalue weighted by Crippen LogP contribution is -2.50. The Balaban J connectivity index is 2.52. The quantitative estimate of drug-likeness (QED) is 0.672. The Kier molecular flexibility index (Phi) is 3.05. The molecule has 0 saturated carbocycles. The molecule has 0 bridgehead atoms. The van der Waals surface area contributed by atoms with Gasteiger partial charge in [0.25, 0.3) is 0 Å². The molecule has 0 fully saturated rings. The minimum atomic E-state index is -0.164. The first-order chi connectivity index (χ1) is 5.33. The number of quaternary nitrogens is 1. The average Bonchev–Trinajstić information content (AvgIpc) is 2.04. The summed E-state index contributed by atoms with van der Waals surface area (Å²) in [5.74, 6) is -0.164. The molecule has 3 N–H and O–H groups in total. The molecule has 0 unspecified atom stereocenters. The van der Waals surface area contributed by atoms with Gasteiger partial charge < -0.3 is 5.73 Å². The smallest absolute Gasteiger partial charge is 0.123 e. The van der Waals surface area contributed by atoms with Crippen LogP contribution >= 0.6 is 0 Å². The molecule has 0 heterocycles. The number of hydrogen-bond acceptors (Lipinski definition) is 0. The molecule has 0 amide bonds. The van der Waals surface area contributed by atoms with E-state index in [0.717, 1.165) is 19.4 Å². The summed E-state index contributed by atoms with van der Waals surface area (Å²) in [4.78, 5) is 0. The summed E-state index contributed by atoms with van der Waals surface area (Å²) in [6.45, 7) is 0.942. The highest BCUT2D eigenvalue weighted by Gasteiger charge is 1.92. The summed E-state index contributed by atoms with van der Waals surface area (Å²) in [5.41, 5.74) is 4.93. The van der Waals surface area contributed by atoms with Gasteiger partial charge in [0.15, 0.2) is 0 Å². The maximum Gasteiger partial charge on any atom is 0.123 e. The van der Waals surface area contributed by atoms with Crippen LogP contribution in [0, 0.1) is 5.82 Å². The Morgan fingerprint density at radius 2 is 1.82 bits per heavy atom. The SMILES string of the molecule is [NH3+]CCCc1ccc(F)cc1. The summed E-state index contributed by atoms with van der Waals surface area (Å²) < 4.78 is 12.4. The monoisotopic (exact) mass is 154 g/mol. The van der Waals surface area contributed by atoms with E-state index in [-0.39, 0.29) is 5.82 Å². The molecule has 1 nitrogen and oxygen atoms in total. The molecule has 0 saturated heterocycles. The van der Waals surface area contributed by atoms with E-state index in [9.17, 15) is 4.39 Å². The van der Waals surface area contributed by atoms with E-state index in [2.05, 4.69) is 5.73 Å². The summed E-state index contributed by atoms with van der Waals surface area (Å²) >= 11 is 0. The Hall–Kier alpha value is -0.890. The van der Waals surface area contributed by atoms with Gasteiger partial charge in [0.05, 0.1) is 6.54 Å². The van der Waals surface area contributed by atoms with E-state index >= 15 is 0 Å². The number of halogens is 1. The van der Waals surface area contributed by atoms with Crippen LogP contribution in [0.5, 0.6) is 0 Å². The second-order valence-corrected chi connectivity index (χ2v) is 2.58. The van der Waals surface area contributed by atoms with Crippen LogP contribution in [0.1, 0.15) is 12.0 Å². The van der Waals surface area contributed by atoms with Crippen molar-refractivity contribution < 1.29 is 10.1 Å². The van der Waals surface area contributed by atoms with Crippen molar-refractivity contribution in [1.82, 2.24) is 0 Å². The van der Waals surface area contributed by atoms with Crippen LogP contribution in [0.3, 0.4) is 0 Å². The Labute approximate surface area is 66.0 Å². The van der Waals surface area contributed by atoms with Gasteiger partial charge >= 0.3 is 0 Å². The highest BCUT2D eigenvalue weighted by molar-refractivity contribution is 5.15. The molecule has 1 aromatic carbocycles. The predicted molar refractivity (Wildman–Crippen MR) is 42.5 cm³/mol. The van der Waals surface area contributed by atoms with Crippen molar-refractivity contribution in [3.05, 3.63) is 35.6 Å². The fraction of sp³-hybridized carbons (Fsp3) is 0.333. The molecule has 0 aliphatic rings. The van der Waals surface area contributed by atoms with Crippen molar-refractivity contribution >= 4 is 0 Å². The van der Waals surface area contributed by atoms with Crippen LogP contribution in [-0.2, 0) is 6.42 Å². The maximum atomic E-state index is 12.4. The third-order valence-corrected chi connectivity index (χ3v) is 1.63. The lowest BCUT2D eigenvalue weighted by molar-refractivity contribution is -0.368. The molecule has 0 radical (unpaired) electrons. The van der Waals surface area contributed by atoms with Crippen molar-refractivity contribution in [2.75, 3.05) is 6.54 Å². The van der Waals surface area contributed by atoms with Gasteiger partial charge in [-0.2, -0.15) is 0 Å². The van der Waals surface area contributed by atoms with E-state index in [1.807, 2.05) is 12.1 Å². The van der Waals surface area contributed by atoms with Crippen molar-refractivity contribution in [2.45, 2.75) is 12.8 Å². The van der Waals surface area contributed by atoms with E-state index in [4.69, 9.17) is 0 Å². The van der Waals surface area contributed by atoms with Crippen molar-refractivity contribution in [2.24, 2.45) is 0 Å². The van der Waals surface area contributed by atoms with Gasteiger partial charge in [-0.15, -0.1) is 0 Å². The van der Waals surface area contributed by atoms with E-state index < -0.39 is 0 Å². The first kappa shape index (κ1) is 8.21. The minimum absolute atomic E-state index is 0.164. The van der Waals surface area contributed by atoms with Crippen molar-refractivity contribution in [3.63, 3.8) is 0 Å². The van der Waals surface area contributed by atoms with Gasteiger partial charge in [-0.3, -0.25) is 0 Å². The normalized spacial score (nSPS) is 10.0. The zero-order chi connectivity index (χ0) is 8.10. The van der Waals surface area contributed by atoms with Gasteiger partial charge in [0.1, 0.15) is 5.82 Å². The zero-order valence-corrected chi connectivity index (χ0v) is 6.52. The van der Waals surface area contributed by atoms with Gasteiger partial charge in [-0.05, 0) is 24.1 Å². The Morgan fingerprint density at radius 3 is 2.36 bits per heavy atom. The third kappa shape index (κ3) is 2.68. The standard InChI is InChI=1S/C9H12FN/c10-9-5-3-8(4-6-9)2-1-7-11/h3-6H,1-2,7,11H2/p+1. The second kappa shape index (κ2) is 4.09. The fourth-order valence-electron chi connectivity index (χ4n) is 0.980. The fourth-order valence-corrected chi connectivity index (χ4v) is 0.980. The van der Waals surface area contributed by atoms with Crippen molar-refractivity contribution in [3.8, 4) is 0 Å². The summed E-state index contributed by atoms with van der Waals surface area (Å²) in [7, 11) is 0. The lowest BCUT2D eigenvalue weighted by atomic mass is 10.1. The summed E-state index contributed by atoms with van der Waals surface area (Å²) in [6, 6.07) is 6.65. The molecular weight excluding hydrogens is 141 g/mol. The lowest BCUT2D eigenvalue weighted by Gasteiger charge is -1.96. The molecule has 0 spiro atoms. The van der Waals surface area contributed by atoms with Crippen LogP contribution in [0.25, 0.3) is 0 Å². The molecule has 0 aliphatic heterocycles. The molecule has 11 heavy (non-hydrogen) atoms. The van der Waals surface area contributed by atoms with Crippen LogP contribution in [0.2, 0.25) is 0 Å². The molecule has 1 aromatic rings. The average molecular weight is 154 g/mol. The van der Waals surface area contributed by atoms with Crippen LogP contribution in [0.4, 0.5) is 4.39 Å². The highest BCUT2D eigenvalue weighted by Crippen LogP contribution is 2.04. The molecule has 0 atom stereocenters. The third-order valence-electron chi connectivity index (χ3n) is 1.63. The van der Waals surface area contributed by atoms with Crippen LogP contribution in [0.15, 0.2) is 24.3 Å². The Bertz CT molecular complexity index is 205. The second-order valence-electron chi connectivity index (χ2n) is 2.58. The Morgan fingerprint density at radius 1 is 1.18 bits per heavy atom. The van der Waals surface area contributed by atoms with Gasteiger partial charge in [-0.25, -0.2) is 4.39 Å². The molecule has 60 valence electrons. The first-order valence-corrected chi connectivity index (χ1v) is 3.86. The molecule has 0 aliphatic carbocycles. The number of aryl methyl sites for hydroxylation is 1. The summed E-state index contributed by atoms with van der Waals surface area (Å²) in [5, 5.41) is 0. The van der Waals surface area contributed by atoms with Gasteiger partial charge in [0.2, 0.25) is 0 Å². The topological polar surface area (TPSA) is 27.6 Å². The van der Waals surface area contributed by atoms with E-state index in [1.54, 1.807) is 0 Å². The van der Waals surface area contributed by atoms with Crippen molar-refractivity contribution in [1.29, 1.82) is 0 Å². The molecule has 0 aromatic heterocycles. The predicted octanol–water partition coefficient (Wildman–Crippen LogP) is 1.00. The molecule has 1 rings (SSSR count).